The first-order chi connectivity index (χ1) is 15.6. The molecule has 1 atom stereocenters. The number of aromatic nitrogens is 1. The highest BCUT2D eigenvalue weighted by atomic mass is 16.5. The van der Waals surface area contributed by atoms with Crippen LogP contribution in [0.3, 0.4) is 0 Å². The Balaban J connectivity index is 1.44. The van der Waals surface area contributed by atoms with E-state index in [4.69, 9.17) is 4.74 Å². The summed E-state index contributed by atoms with van der Waals surface area (Å²) in [4.78, 5) is 30.0. The van der Waals surface area contributed by atoms with Crippen molar-refractivity contribution in [2.24, 2.45) is 5.92 Å². The van der Waals surface area contributed by atoms with E-state index in [2.05, 4.69) is 39.6 Å². The SMILES string of the molecule is CCOC(=O)CCCCCn1c2c(c3ccccc31)C(=O)C(CN1CCN(C)CC1)CC2. The highest BCUT2D eigenvalue weighted by Crippen LogP contribution is 2.35. The number of carbonyl (C=O) groups excluding carboxylic acids is 2. The molecule has 0 saturated carbocycles. The van der Waals surface area contributed by atoms with Crippen molar-refractivity contribution < 1.29 is 14.3 Å². The molecule has 0 N–H and O–H groups in total. The van der Waals surface area contributed by atoms with Crippen LogP contribution in [-0.2, 0) is 22.5 Å². The summed E-state index contributed by atoms with van der Waals surface area (Å²) >= 11 is 0. The van der Waals surface area contributed by atoms with Crippen molar-refractivity contribution in [2.75, 3.05) is 46.4 Å². The molecule has 1 aliphatic carbocycles. The van der Waals surface area contributed by atoms with Crippen LogP contribution in [0.4, 0.5) is 0 Å². The fourth-order valence-electron chi connectivity index (χ4n) is 5.26. The maximum Gasteiger partial charge on any atom is 0.305 e. The van der Waals surface area contributed by atoms with Gasteiger partial charge in [-0.3, -0.25) is 9.59 Å². The fourth-order valence-corrected chi connectivity index (χ4v) is 5.26. The highest BCUT2D eigenvalue weighted by molar-refractivity contribution is 6.11. The molecular formula is C26H37N3O3. The van der Waals surface area contributed by atoms with Gasteiger partial charge in [-0.25, -0.2) is 0 Å². The number of ether oxygens (including phenoxy) is 1. The van der Waals surface area contributed by atoms with Gasteiger partial charge in [0.2, 0.25) is 0 Å². The summed E-state index contributed by atoms with van der Waals surface area (Å²) in [5.41, 5.74) is 3.37. The molecule has 0 amide bonds. The summed E-state index contributed by atoms with van der Waals surface area (Å²) in [7, 11) is 2.17. The van der Waals surface area contributed by atoms with E-state index in [-0.39, 0.29) is 11.9 Å². The zero-order valence-corrected chi connectivity index (χ0v) is 19.6. The second kappa shape index (κ2) is 10.6. The molecule has 1 fully saturated rings. The number of ketones is 1. The molecule has 2 aromatic rings. The predicted octanol–water partition coefficient (Wildman–Crippen LogP) is 3.76. The van der Waals surface area contributed by atoms with Gasteiger partial charge in [-0.1, -0.05) is 24.6 Å². The monoisotopic (exact) mass is 439 g/mol. The number of likely N-dealkylation sites (N-methyl/N-ethyl adjacent to an activating group) is 1. The topological polar surface area (TPSA) is 54.8 Å². The molecule has 1 saturated heterocycles. The average Bonchev–Trinajstić information content (AvgIpc) is 3.11. The average molecular weight is 440 g/mol. The van der Waals surface area contributed by atoms with E-state index in [0.29, 0.717) is 18.8 Å². The van der Waals surface area contributed by atoms with Crippen molar-refractivity contribution in [3.8, 4) is 0 Å². The number of hydrogen-bond donors (Lipinski definition) is 0. The minimum atomic E-state index is -0.103. The first kappa shape index (κ1) is 23.0. The molecule has 32 heavy (non-hydrogen) atoms. The van der Waals surface area contributed by atoms with Crippen molar-refractivity contribution >= 4 is 22.7 Å². The highest BCUT2D eigenvalue weighted by Gasteiger charge is 2.33. The first-order valence-electron chi connectivity index (χ1n) is 12.3. The van der Waals surface area contributed by atoms with Gasteiger partial charge < -0.3 is 19.1 Å². The number of hydrogen-bond acceptors (Lipinski definition) is 5. The molecule has 6 nitrogen and oxygen atoms in total. The molecule has 1 unspecified atom stereocenters. The number of benzene rings is 1. The van der Waals surface area contributed by atoms with Crippen LogP contribution in [0.5, 0.6) is 0 Å². The van der Waals surface area contributed by atoms with Crippen LogP contribution in [0.15, 0.2) is 24.3 Å². The second-order valence-electron chi connectivity index (χ2n) is 9.31. The number of rotatable bonds is 9. The van der Waals surface area contributed by atoms with Crippen molar-refractivity contribution in [3.05, 3.63) is 35.5 Å². The number of carbonyl (C=O) groups is 2. The number of Topliss-reactive ketones (excluding diaryl/α,β-unsaturated/α-hetero) is 1. The summed E-state index contributed by atoms with van der Waals surface area (Å²) < 4.78 is 7.39. The molecule has 0 spiro atoms. The van der Waals surface area contributed by atoms with E-state index in [9.17, 15) is 9.59 Å². The number of unbranched alkanes of at least 4 members (excludes halogenated alkanes) is 2. The number of piperazine rings is 1. The number of fused-ring (bicyclic) bond motifs is 3. The Hall–Kier alpha value is -2.18. The molecule has 1 aliphatic heterocycles. The fraction of sp³-hybridized carbons (Fsp3) is 0.615. The number of nitrogens with zero attached hydrogens (tertiary/aromatic N) is 3. The van der Waals surface area contributed by atoms with Crippen molar-refractivity contribution in [3.63, 3.8) is 0 Å². The Bertz CT molecular complexity index is 943. The zero-order chi connectivity index (χ0) is 22.5. The molecule has 0 radical (unpaired) electrons. The number of para-hydroxylation sites is 1. The number of esters is 1. The molecule has 174 valence electrons. The van der Waals surface area contributed by atoms with Crippen LogP contribution in [0.2, 0.25) is 0 Å². The van der Waals surface area contributed by atoms with Gasteiger partial charge in [0.05, 0.1) is 6.61 Å². The lowest BCUT2D eigenvalue weighted by atomic mass is 9.84. The van der Waals surface area contributed by atoms with E-state index < -0.39 is 0 Å². The maximum absolute atomic E-state index is 13.6. The quantitative estimate of drug-likeness (QED) is 0.440. The molecule has 4 rings (SSSR count). The molecule has 1 aromatic carbocycles. The summed E-state index contributed by atoms with van der Waals surface area (Å²) in [6.07, 6.45) is 5.24. The van der Waals surface area contributed by atoms with Gasteiger partial charge >= 0.3 is 5.97 Å². The van der Waals surface area contributed by atoms with E-state index >= 15 is 0 Å². The van der Waals surface area contributed by atoms with E-state index in [1.807, 2.05) is 13.0 Å². The van der Waals surface area contributed by atoms with Crippen molar-refractivity contribution in [1.82, 2.24) is 14.4 Å². The molecule has 2 heterocycles. The van der Waals surface area contributed by atoms with Crippen LogP contribution < -0.4 is 0 Å². The van der Waals surface area contributed by atoms with Gasteiger partial charge in [0, 0.05) is 73.8 Å². The van der Waals surface area contributed by atoms with Crippen LogP contribution >= 0.6 is 0 Å². The number of aryl methyl sites for hydroxylation is 1. The van der Waals surface area contributed by atoms with Crippen LogP contribution in [0, 0.1) is 5.92 Å². The van der Waals surface area contributed by atoms with Gasteiger partial charge in [0.1, 0.15) is 0 Å². The van der Waals surface area contributed by atoms with Crippen LogP contribution in [0.25, 0.3) is 10.9 Å². The Kier molecular flexibility index (Phi) is 7.63. The maximum atomic E-state index is 13.6. The van der Waals surface area contributed by atoms with E-state index in [1.165, 1.54) is 11.2 Å². The van der Waals surface area contributed by atoms with Gasteiger partial charge in [-0.15, -0.1) is 0 Å². The van der Waals surface area contributed by atoms with Crippen molar-refractivity contribution in [1.29, 1.82) is 0 Å². The van der Waals surface area contributed by atoms with Gasteiger partial charge in [-0.2, -0.15) is 0 Å². The first-order valence-corrected chi connectivity index (χ1v) is 12.3. The lowest BCUT2D eigenvalue weighted by Crippen LogP contribution is -2.47. The largest absolute Gasteiger partial charge is 0.466 e. The van der Waals surface area contributed by atoms with Gasteiger partial charge in [0.25, 0.3) is 0 Å². The third-order valence-corrected chi connectivity index (χ3v) is 7.07. The minimum absolute atomic E-state index is 0.103. The standard InChI is InChI=1S/C26H37N3O3/c1-3-32-24(30)11-5-4-8-14-29-22-10-7-6-9-21(22)25-23(29)13-12-20(26(25)31)19-28-17-15-27(2)16-18-28/h6-7,9-10,20H,3-5,8,11-19H2,1-2H3. The lowest BCUT2D eigenvalue weighted by molar-refractivity contribution is -0.143. The Morgan fingerprint density at radius 2 is 1.88 bits per heavy atom. The van der Waals surface area contributed by atoms with Crippen LogP contribution in [-0.4, -0.2) is 72.5 Å². The van der Waals surface area contributed by atoms with E-state index in [1.54, 1.807) is 0 Å². The Labute approximate surface area is 191 Å². The Morgan fingerprint density at radius 3 is 2.66 bits per heavy atom. The molecule has 1 aromatic heterocycles. The van der Waals surface area contributed by atoms with Gasteiger partial charge in [0.15, 0.2) is 5.78 Å². The minimum Gasteiger partial charge on any atom is -0.466 e. The molecule has 6 heteroatoms. The smallest absolute Gasteiger partial charge is 0.305 e. The molecule has 2 aliphatic rings. The normalized spacial score (nSPS) is 19.9. The summed E-state index contributed by atoms with van der Waals surface area (Å²) in [5.74, 6) is 0.338. The zero-order valence-electron chi connectivity index (χ0n) is 19.6. The summed E-state index contributed by atoms with van der Waals surface area (Å²) in [5, 5.41) is 1.11. The van der Waals surface area contributed by atoms with E-state index in [0.717, 1.165) is 82.3 Å². The lowest BCUT2D eigenvalue weighted by Gasteiger charge is -2.35. The predicted molar refractivity (Wildman–Crippen MR) is 127 cm³/mol. The van der Waals surface area contributed by atoms with Gasteiger partial charge in [-0.05, 0) is 45.7 Å². The summed E-state index contributed by atoms with van der Waals surface area (Å²) in [6.45, 7) is 8.36. The molecule has 0 bridgehead atoms. The third-order valence-electron chi connectivity index (χ3n) is 7.07. The second-order valence-corrected chi connectivity index (χ2v) is 9.31. The molecular weight excluding hydrogens is 402 g/mol. The van der Waals surface area contributed by atoms with Crippen LogP contribution in [0.1, 0.15) is 55.1 Å². The summed E-state index contributed by atoms with van der Waals surface area (Å²) in [6, 6.07) is 8.37. The van der Waals surface area contributed by atoms with Crippen molar-refractivity contribution in [2.45, 2.75) is 52.0 Å². The third kappa shape index (κ3) is 5.07. The Morgan fingerprint density at radius 1 is 1.09 bits per heavy atom.